The number of carbonyl (C=O) groups is 2. The molecule has 2 aliphatic rings. The Morgan fingerprint density at radius 1 is 0.909 bits per heavy atom. The molecule has 1 N–H and O–H groups in total. The topological polar surface area (TPSA) is 67.9 Å². The Morgan fingerprint density at radius 3 is 2.24 bits per heavy atom. The predicted octanol–water partition coefficient (Wildman–Crippen LogP) is 4.34. The second kappa shape index (κ2) is 8.92. The van der Waals surface area contributed by atoms with Gasteiger partial charge in [-0.25, -0.2) is 0 Å². The summed E-state index contributed by atoms with van der Waals surface area (Å²) in [5, 5.41) is 3.43. The summed E-state index contributed by atoms with van der Waals surface area (Å²) in [7, 11) is 1.62. The van der Waals surface area contributed by atoms with Crippen molar-refractivity contribution in [2.24, 2.45) is 0 Å². The van der Waals surface area contributed by atoms with Crippen molar-refractivity contribution in [1.82, 2.24) is 4.90 Å². The van der Waals surface area contributed by atoms with Crippen molar-refractivity contribution in [3.05, 3.63) is 95.1 Å². The van der Waals surface area contributed by atoms with E-state index in [0.717, 1.165) is 28.3 Å². The van der Waals surface area contributed by atoms with Crippen LogP contribution in [0.3, 0.4) is 0 Å². The van der Waals surface area contributed by atoms with E-state index in [-0.39, 0.29) is 11.7 Å². The van der Waals surface area contributed by atoms with Gasteiger partial charge in [-0.15, -0.1) is 0 Å². The van der Waals surface area contributed by atoms with Gasteiger partial charge in [0.1, 0.15) is 5.75 Å². The van der Waals surface area contributed by atoms with Gasteiger partial charge in [0.05, 0.1) is 31.6 Å². The molecule has 6 nitrogen and oxygen atoms in total. The lowest BCUT2D eigenvalue weighted by Crippen LogP contribution is -2.40. The monoisotopic (exact) mass is 440 g/mol. The molecule has 0 atom stereocenters. The van der Waals surface area contributed by atoms with Crippen LogP contribution in [0.15, 0.2) is 72.8 Å². The number of hydrogen-bond donors (Lipinski definition) is 1. The Hall–Kier alpha value is -3.90. The van der Waals surface area contributed by atoms with E-state index < -0.39 is 0 Å². The van der Waals surface area contributed by atoms with Gasteiger partial charge in [0.25, 0.3) is 5.91 Å². The summed E-state index contributed by atoms with van der Waals surface area (Å²) in [5.74, 6) is 0.721. The van der Waals surface area contributed by atoms with Crippen LogP contribution < -0.4 is 10.1 Å². The fraction of sp³-hybridized carbons (Fsp3) is 0.185. The maximum Gasteiger partial charge on any atom is 0.254 e. The van der Waals surface area contributed by atoms with E-state index in [1.54, 1.807) is 7.11 Å². The molecule has 5 rings (SSSR count). The van der Waals surface area contributed by atoms with E-state index in [2.05, 4.69) is 5.32 Å². The lowest BCUT2D eigenvalue weighted by Gasteiger charge is -2.26. The average Bonchev–Trinajstić information content (AvgIpc) is 3.16. The summed E-state index contributed by atoms with van der Waals surface area (Å²) in [6, 6.07) is 22.5. The molecule has 0 saturated carbocycles. The molecule has 1 aliphatic heterocycles. The molecule has 0 spiro atoms. The molecule has 33 heavy (non-hydrogen) atoms. The molecule has 0 bridgehead atoms. The highest BCUT2D eigenvalue weighted by atomic mass is 16.5. The van der Waals surface area contributed by atoms with E-state index in [9.17, 15) is 9.59 Å². The molecule has 6 heteroatoms. The molecular formula is C27H24N2O4. The number of rotatable bonds is 5. The quantitative estimate of drug-likeness (QED) is 0.639. The zero-order valence-electron chi connectivity index (χ0n) is 18.3. The number of nitrogens with one attached hydrogen (secondary N) is 1. The van der Waals surface area contributed by atoms with Gasteiger partial charge in [0.15, 0.2) is 5.78 Å². The Morgan fingerprint density at radius 2 is 1.58 bits per heavy atom. The van der Waals surface area contributed by atoms with Gasteiger partial charge in [-0.3, -0.25) is 9.59 Å². The normalized spacial score (nSPS) is 15.4. The summed E-state index contributed by atoms with van der Waals surface area (Å²) < 4.78 is 10.6. The number of hydrogen-bond acceptors (Lipinski definition) is 5. The summed E-state index contributed by atoms with van der Waals surface area (Å²) >= 11 is 0. The minimum absolute atomic E-state index is 0.00405. The van der Waals surface area contributed by atoms with Gasteiger partial charge >= 0.3 is 0 Å². The minimum atomic E-state index is -0.0163. The number of morpholine rings is 1. The maximum atomic E-state index is 13.3. The smallest absolute Gasteiger partial charge is 0.254 e. The molecule has 1 aliphatic carbocycles. The minimum Gasteiger partial charge on any atom is -0.497 e. The highest BCUT2D eigenvalue weighted by molar-refractivity contribution is 6.40. The third-order valence-corrected chi connectivity index (χ3v) is 6.00. The second-order valence-corrected chi connectivity index (χ2v) is 7.96. The fourth-order valence-electron chi connectivity index (χ4n) is 4.23. The number of ether oxygens (including phenoxy) is 2. The lowest BCUT2D eigenvalue weighted by molar-refractivity contribution is 0.0303. The number of benzene rings is 3. The van der Waals surface area contributed by atoms with Crippen LogP contribution >= 0.6 is 0 Å². The van der Waals surface area contributed by atoms with E-state index >= 15 is 0 Å². The first-order valence-electron chi connectivity index (χ1n) is 10.9. The standard InChI is InChI=1S/C27H24N2O4/c1-32-21-12-8-18(9-13-21)24-25(22-4-2-3-5-23(22)26(24)30)28-20-10-6-19(7-11-20)27(31)29-14-16-33-17-15-29/h2-13,28H,14-17H2,1H3. The van der Waals surface area contributed by atoms with Crippen LogP contribution in [-0.4, -0.2) is 50.0 Å². The third-order valence-electron chi connectivity index (χ3n) is 6.00. The Kier molecular flexibility index (Phi) is 5.67. The number of methoxy groups -OCH3 is 1. The Labute approximate surface area is 192 Å². The number of ketones is 1. The molecular weight excluding hydrogens is 416 g/mol. The molecule has 1 saturated heterocycles. The van der Waals surface area contributed by atoms with Gasteiger partial charge in [-0.2, -0.15) is 0 Å². The molecule has 0 radical (unpaired) electrons. The van der Waals surface area contributed by atoms with Crippen LogP contribution in [0.1, 0.15) is 31.8 Å². The molecule has 1 amide bonds. The third kappa shape index (κ3) is 4.01. The fourth-order valence-corrected chi connectivity index (χ4v) is 4.23. The number of anilines is 1. The van der Waals surface area contributed by atoms with Gasteiger partial charge in [-0.05, 0) is 42.0 Å². The summed E-state index contributed by atoms with van der Waals surface area (Å²) in [6.07, 6.45) is 0. The Balaban J connectivity index is 1.46. The first kappa shape index (κ1) is 21.0. The van der Waals surface area contributed by atoms with E-state index in [1.165, 1.54) is 0 Å². The number of fused-ring (bicyclic) bond motifs is 1. The predicted molar refractivity (Wildman–Crippen MR) is 127 cm³/mol. The van der Waals surface area contributed by atoms with E-state index in [4.69, 9.17) is 9.47 Å². The molecule has 3 aromatic carbocycles. The van der Waals surface area contributed by atoms with Gasteiger partial charge in [0.2, 0.25) is 0 Å². The maximum absolute atomic E-state index is 13.3. The summed E-state index contributed by atoms with van der Waals surface area (Å²) in [4.78, 5) is 27.8. The van der Waals surface area contributed by atoms with E-state index in [1.807, 2.05) is 77.7 Å². The number of amides is 1. The number of carbonyl (C=O) groups excluding carboxylic acids is 2. The molecule has 0 aromatic heterocycles. The highest BCUT2D eigenvalue weighted by Gasteiger charge is 2.30. The number of nitrogens with zero attached hydrogens (tertiary/aromatic N) is 1. The summed E-state index contributed by atoms with van der Waals surface area (Å²) in [6.45, 7) is 2.36. The van der Waals surface area contributed by atoms with Crippen molar-refractivity contribution in [2.75, 3.05) is 38.7 Å². The van der Waals surface area contributed by atoms with Crippen LogP contribution in [0.5, 0.6) is 5.75 Å². The molecule has 3 aromatic rings. The number of Topliss-reactive ketones (excluding diaryl/α,β-unsaturated/α-hetero) is 1. The van der Waals surface area contributed by atoms with Crippen molar-refractivity contribution in [3.8, 4) is 5.75 Å². The summed E-state index contributed by atoms with van der Waals surface area (Å²) in [5.41, 5.74) is 5.17. The van der Waals surface area contributed by atoms with Crippen LogP contribution in [0.4, 0.5) is 5.69 Å². The van der Waals surface area contributed by atoms with Gasteiger partial charge < -0.3 is 19.7 Å². The SMILES string of the molecule is COc1ccc(C2=C(Nc3ccc(C(=O)N4CCOCC4)cc3)c3ccccc3C2=O)cc1. The zero-order chi connectivity index (χ0) is 22.8. The first-order chi connectivity index (χ1) is 16.2. The van der Waals surface area contributed by atoms with Crippen LogP contribution in [0.25, 0.3) is 11.3 Å². The lowest BCUT2D eigenvalue weighted by atomic mass is 10.0. The van der Waals surface area contributed by atoms with Crippen molar-refractivity contribution < 1.29 is 19.1 Å². The largest absolute Gasteiger partial charge is 0.497 e. The average molecular weight is 440 g/mol. The van der Waals surface area contributed by atoms with Crippen molar-refractivity contribution in [3.63, 3.8) is 0 Å². The molecule has 166 valence electrons. The second-order valence-electron chi connectivity index (χ2n) is 7.96. The van der Waals surface area contributed by atoms with Crippen molar-refractivity contribution in [1.29, 1.82) is 0 Å². The molecule has 1 fully saturated rings. The van der Waals surface area contributed by atoms with Crippen molar-refractivity contribution >= 4 is 28.6 Å². The van der Waals surface area contributed by atoms with Crippen LogP contribution in [0, 0.1) is 0 Å². The van der Waals surface area contributed by atoms with Gasteiger partial charge in [0, 0.05) is 35.5 Å². The van der Waals surface area contributed by atoms with E-state index in [0.29, 0.717) is 43.0 Å². The van der Waals surface area contributed by atoms with Crippen LogP contribution in [0.2, 0.25) is 0 Å². The Bertz CT molecular complexity index is 1220. The number of allylic oxidation sites excluding steroid dienone is 1. The van der Waals surface area contributed by atoms with Gasteiger partial charge in [-0.1, -0.05) is 36.4 Å². The zero-order valence-corrected chi connectivity index (χ0v) is 18.3. The first-order valence-corrected chi connectivity index (χ1v) is 10.9. The molecule has 0 unspecified atom stereocenters. The van der Waals surface area contributed by atoms with Crippen molar-refractivity contribution in [2.45, 2.75) is 0 Å². The van der Waals surface area contributed by atoms with Crippen LogP contribution in [-0.2, 0) is 4.74 Å². The molecule has 1 heterocycles. The highest BCUT2D eigenvalue weighted by Crippen LogP contribution is 2.39.